The van der Waals surface area contributed by atoms with E-state index in [1.165, 1.54) is 12.8 Å². The number of ether oxygens (including phenoxy) is 2. The maximum atomic E-state index is 9.26. The molecule has 2 rings (SSSR count). The van der Waals surface area contributed by atoms with Crippen molar-refractivity contribution in [1.29, 1.82) is 0 Å². The minimum absolute atomic E-state index is 0.169. The average Bonchev–Trinajstić information content (AvgIpc) is 2.49. The van der Waals surface area contributed by atoms with Gasteiger partial charge in [-0.2, -0.15) is 0 Å². The lowest BCUT2D eigenvalue weighted by molar-refractivity contribution is -0.00959. The van der Waals surface area contributed by atoms with E-state index in [1.807, 2.05) is 18.2 Å². The third kappa shape index (κ3) is 4.47. The number of para-hydroxylation sites is 1. The summed E-state index contributed by atoms with van der Waals surface area (Å²) in [6, 6.07) is 8.05. The zero-order chi connectivity index (χ0) is 14.2. The number of rotatable bonds is 7. The van der Waals surface area contributed by atoms with E-state index in [4.69, 9.17) is 9.47 Å². The van der Waals surface area contributed by atoms with Crippen molar-refractivity contribution in [2.24, 2.45) is 0 Å². The van der Waals surface area contributed by atoms with Crippen LogP contribution in [0.2, 0.25) is 0 Å². The Hall–Kier alpha value is -1.10. The fraction of sp³-hybridized carbons (Fsp3) is 0.625. The molecule has 4 nitrogen and oxygen atoms in total. The van der Waals surface area contributed by atoms with Crippen molar-refractivity contribution < 1.29 is 14.6 Å². The van der Waals surface area contributed by atoms with E-state index in [0.717, 1.165) is 37.4 Å². The maximum absolute atomic E-state index is 9.26. The molecule has 1 aliphatic rings. The molecule has 4 heteroatoms. The van der Waals surface area contributed by atoms with Crippen molar-refractivity contribution in [3.8, 4) is 5.75 Å². The Kier molecular flexibility index (Phi) is 6.30. The lowest BCUT2D eigenvalue weighted by Gasteiger charge is -2.29. The van der Waals surface area contributed by atoms with Gasteiger partial charge >= 0.3 is 0 Å². The third-order valence-corrected chi connectivity index (χ3v) is 3.74. The first-order chi connectivity index (χ1) is 9.83. The molecule has 0 saturated carbocycles. The predicted octanol–water partition coefficient (Wildman–Crippen LogP) is 2.06. The van der Waals surface area contributed by atoms with Crippen molar-refractivity contribution >= 4 is 0 Å². The number of hydrogen-bond donors (Lipinski definition) is 1. The fourth-order valence-electron chi connectivity index (χ4n) is 2.69. The molecule has 1 aromatic rings. The molecule has 0 spiro atoms. The lowest BCUT2D eigenvalue weighted by atomic mass is 10.1. The van der Waals surface area contributed by atoms with Gasteiger partial charge in [-0.1, -0.05) is 18.2 Å². The Morgan fingerprint density at radius 1 is 1.35 bits per heavy atom. The summed E-state index contributed by atoms with van der Waals surface area (Å²) < 4.78 is 11.2. The van der Waals surface area contributed by atoms with Crippen LogP contribution in [0.4, 0.5) is 0 Å². The minimum atomic E-state index is 0.169. The topological polar surface area (TPSA) is 41.9 Å². The third-order valence-electron chi connectivity index (χ3n) is 3.74. The molecule has 0 amide bonds. The Bertz CT molecular complexity index is 391. The first-order valence-corrected chi connectivity index (χ1v) is 7.40. The molecule has 112 valence electrons. The van der Waals surface area contributed by atoms with E-state index in [0.29, 0.717) is 12.6 Å². The Labute approximate surface area is 121 Å². The van der Waals surface area contributed by atoms with E-state index in [2.05, 4.69) is 11.0 Å². The van der Waals surface area contributed by atoms with Gasteiger partial charge in [0.15, 0.2) is 0 Å². The van der Waals surface area contributed by atoms with Crippen LogP contribution in [0, 0.1) is 0 Å². The van der Waals surface area contributed by atoms with Gasteiger partial charge in [0.1, 0.15) is 5.75 Å². The molecule has 20 heavy (non-hydrogen) atoms. The Morgan fingerprint density at radius 2 is 2.20 bits per heavy atom. The molecular formula is C16H25NO3. The van der Waals surface area contributed by atoms with E-state index < -0.39 is 0 Å². The molecule has 0 aliphatic carbocycles. The van der Waals surface area contributed by atoms with E-state index >= 15 is 0 Å². The molecule has 1 atom stereocenters. The van der Waals surface area contributed by atoms with Crippen LogP contribution in [-0.4, -0.2) is 49.5 Å². The lowest BCUT2D eigenvalue weighted by Crippen LogP contribution is -2.37. The van der Waals surface area contributed by atoms with Gasteiger partial charge in [0.05, 0.1) is 19.8 Å². The molecule has 1 aliphatic heterocycles. The van der Waals surface area contributed by atoms with Gasteiger partial charge in [0.25, 0.3) is 0 Å². The second-order valence-corrected chi connectivity index (χ2v) is 5.26. The van der Waals surface area contributed by atoms with Crippen LogP contribution in [0.25, 0.3) is 0 Å². The number of methoxy groups -OCH3 is 1. The molecule has 1 heterocycles. The quantitative estimate of drug-likeness (QED) is 0.829. The summed E-state index contributed by atoms with van der Waals surface area (Å²) in [7, 11) is 1.69. The van der Waals surface area contributed by atoms with Crippen LogP contribution in [0.3, 0.4) is 0 Å². The summed E-state index contributed by atoms with van der Waals surface area (Å²) in [4.78, 5) is 2.24. The number of aliphatic hydroxyl groups is 1. The van der Waals surface area contributed by atoms with Crippen LogP contribution < -0.4 is 4.74 Å². The molecule has 0 bridgehead atoms. The normalized spacial score (nSPS) is 19.2. The molecule has 1 N–H and O–H groups in total. The molecular weight excluding hydrogens is 254 g/mol. The zero-order valence-electron chi connectivity index (χ0n) is 12.3. The highest BCUT2D eigenvalue weighted by molar-refractivity contribution is 5.33. The summed E-state index contributed by atoms with van der Waals surface area (Å²) in [5.74, 6) is 0.903. The summed E-state index contributed by atoms with van der Waals surface area (Å²) in [6.07, 6.45) is 3.83. The maximum Gasteiger partial charge on any atom is 0.123 e. The zero-order valence-corrected chi connectivity index (χ0v) is 12.3. The van der Waals surface area contributed by atoms with Crippen molar-refractivity contribution in [2.45, 2.75) is 31.9 Å². The monoisotopic (exact) mass is 279 g/mol. The SMILES string of the molecule is COc1ccccc1CN(CCO)C[C@@H]1CCCCO1. The van der Waals surface area contributed by atoms with Crippen LogP contribution >= 0.6 is 0 Å². The molecule has 1 aromatic carbocycles. The average molecular weight is 279 g/mol. The largest absolute Gasteiger partial charge is 0.496 e. The highest BCUT2D eigenvalue weighted by Crippen LogP contribution is 2.20. The number of benzene rings is 1. The van der Waals surface area contributed by atoms with Gasteiger partial charge < -0.3 is 14.6 Å². The summed E-state index contributed by atoms with van der Waals surface area (Å²) in [5, 5.41) is 9.26. The first kappa shape index (κ1) is 15.3. The van der Waals surface area contributed by atoms with Gasteiger partial charge in [0, 0.05) is 31.8 Å². The summed E-state index contributed by atoms with van der Waals surface area (Å²) in [5.41, 5.74) is 1.15. The molecule has 0 radical (unpaired) electrons. The van der Waals surface area contributed by atoms with E-state index in [1.54, 1.807) is 7.11 Å². The molecule has 0 unspecified atom stereocenters. The van der Waals surface area contributed by atoms with Crippen LogP contribution in [0.5, 0.6) is 5.75 Å². The van der Waals surface area contributed by atoms with Crippen molar-refractivity contribution in [3.63, 3.8) is 0 Å². The molecule has 1 fully saturated rings. The summed E-state index contributed by atoms with van der Waals surface area (Å²) >= 11 is 0. The number of hydrogen-bond acceptors (Lipinski definition) is 4. The molecule has 0 aromatic heterocycles. The second-order valence-electron chi connectivity index (χ2n) is 5.26. The minimum Gasteiger partial charge on any atom is -0.496 e. The molecule has 1 saturated heterocycles. The van der Waals surface area contributed by atoms with Crippen LogP contribution in [-0.2, 0) is 11.3 Å². The van der Waals surface area contributed by atoms with Gasteiger partial charge in [-0.25, -0.2) is 0 Å². The highest BCUT2D eigenvalue weighted by Gasteiger charge is 2.18. The van der Waals surface area contributed by atoms with Gasteiger partial charge in [-0.3, -0.25) is 4.90 Å². The Balaban J connectivity index is 1.96. The predicted molar refractivity (Wildman–Crippen MR) is 78.9 cm³/mol. The standard InChI is InChI=1S/C16H25NO3/c1-19-16-8-3-2-6-14(16)12-17(9-10-18)13-15-7-4-5-11-20-15/h2-3,6,8,15,18H,4-5,7,9-13H2,1H3/t15-/m0/s1. The van der Waals surface area contributed by atoms with Crippen LogP contribution in [0.1, 0.15) is 24.8 Å². The van der Waals surface area contributed by atoms with E-state index in [-0.39, 0.29) is 6.61 Å². The number of aliphatic hydroxyl groups excluding tert-OH is 1. The van der Waals surface area contributed by atoms with Crippen molar-refractivity contribution in [3.05, 3.63) is 29.8 Å². The van der Waals surface area contributed by atoms with Crippen LogP contribution in [0.15, 0.2) is 24.3 Å². The highest BCUT2D eigenvalue weighted by atomic mass is 16.5. The van der Waals surface area contributed by atoms with Crippen molar-refractivity contribution in [1.82, 2.24) is 4.90 Å². The number of nitrogens with zero attached hydrogens (tertiary/aromatic N) is 1. The second kappa shape index (κ2) is 8.25. The first-order valence-electron chi connectivity index (χ1n) is 7.40. The van der Waals surface area contributed by atoms with Gasteiger partial charge in [-0.05, 0) is 25.3 Å². The van der Waals surface area contributed by atoms with Gasteiger partial charge in [-0.15, -0.1) is 0 Å². The summed E-state index contributed by atoms with van der Waals surface area (Å²) in [6.45, 7) is 3.36. The Morgan fingerprint density at radius 3 is 2.90 bits per heavy atom. The van der Waals surface area contributed by atoms with E-state index in [9.17, 15) is 5.11 Å². The van der Waals surface area contributed by atoms with Gasteiger partial charge in [0.2, 0.25) is 0 Å². The smallest absolute Gasteiger partial charge is 0.123 e. The van der Waals surface area contributed by atoms with Crippen molar-refractivity contribution in [2.75, 3.05) is 33.4 Å². The fourth-order valence-corrected chi connectivity index (χ4v) is 2.69.